The van der Waals surface area contributed by atoms with Crippen LogP contribution in [0.3, 0.4) is 0 Å². The summed E-state index contributed by atoms with van der Waals surface area (Å²) >= 11 is 4.61. The van der Waals surface area contributed by atoms with Gasteiger partial charge in [0, 0.05) is 18.0 Å². The molecule has 0 saturated carbocycles. The molecule has 4 nitrogen and oxygen atoms in total. The number of aromatic nitrogens is 1. The van der Waals surface area contributed by atoms with Crippen molar-refractivity contribution in [2.45, 2.75) is 6.92 Å². The fourth-order valence-corrected chi connectivity index (χ4v) is 0.826. The Morgan fingerprint density at radius 1 is 1.69 bits per heavy atom. The lowest BCUT2D eigenvalue weighted by molar-refractivity contribution is 1.03. The normalized spacial score (nSPS) is 11.0. The van der Waals surface area contributed by atoms with Gasteiger partial charge in [-0.15, -0.1) is 0 Å². The van der Waals surface area contributed by atoms with Gasteiger partial charge in [0.15, 0.2) is 5.11 Å². The number of hydrogen-bond donors (Lipinski definition) is 2. The fourth-order valence-electron chi connectivity index (χ4n) is 0.780. The van der Waals surface area contributed by atoms with E-state index in [-0.39, 0.29) is 5.11 Å². The number of nitrogens with zero attached hydrogens (tertiary/aromatic N) is 2. The van der Waals surface area contributed by atoms with Crippen LogP contribution in [0.2, 0.25) is 0 Å². The van der Waals surface area contributed by atoms with Gasteiger partial charge in [0.25, 0.3) is 0 Å². The van der Waals surface area contributed by atoms with E-state index in [0.29, 0.717) is 0 Å². The predicted molar refractivity (Wildman–Crippen MR) is 56.4 cm³/mol. The Kier molecular flexibility index (Phi) is 3.33. The van der Waals surface area contributed by atoms with Crippen molar-refractivity contribution in [3.8, 4) is 0 Å². The zero-order valence-corrected chi connectivity index (χ0v) is 8.01. The molecule has 1 aromatic rings. The van der Waals surface area contributed by atoms with Crippen molar-refractivity contribution in [3.63, 3.8) is 0 Å². The quantitative estimate of drug-likeness (QED) is 0.412. The first kappa shape index (κ1) is 9.60. The van der Waals surface area contributed by atoms with Crippen LogP contribution in [0, 0.1) is 0 Å². The number of thiocarbonyl (C=S) groups is 1. The highest BCUT2D eigenvalue weighted by atomic mass is 32.1. The summed E-state index contributed by atoms with van der Waals surface area (Å²) in [6.07, 6.45) is 3.43. The number of nitrogens with one attached hydrogen (secondary N) is 1. The summed E-state index contributed by atoms with van der Waals surface area (Å²) in [5.74, 6) is 0. The number of nitrogens with two attached hydrogens (primary N) is 1. The SMILES string of the molecule is C/C(=N/NC(N)=S)c1cccnc1. The van der Waals surface area contributed by atoms with Gasteiger partial charge in [-0.2, -0.15) is 5.10 Å². The van der Waals surface area contributed by atoms with Crippen LogP contribution in [0.5, 0.6) is 0 Å². The highest BCUT2D eigenvalue weighted by molar-refractivity contribution is 7.80. The van der Waals surface area contributed by atoms with Crippen LogP contribution >= 0.6 is 12.2 Å². The molecule has 0 aliphatic rings. The van der Waals surface area contributed by atoms with Gasteiger partial charge in [-0.3, -0.25) is 10.4 Å². The topological polar surface area (TPSA) is 63.3 Å². The Bertz CT molecular complexity index is 320. The van der Waals surface area contributed by atoms with Gasteiger partial charge >= 0.3 is 0 Å². The third-order valence-corrected chi connectivity index (χ3v) is 1.50. The molecule has 0 radical (unpaired) electrons. The maximum atomic E-state index is 5.22. The van der Waals surface area contributed by atoms with Gasteiger partial charge in [-0.1, -0.05) is 6.07 Å². The Balaban J connectivity index is 2.73. The molecule has 1 rings (SSSR count). The molecule has 0 aliphatic heterocycles. The lowest BCUT2D eigenvalue weighted by Gasteiger charge is -2.00. The first-order chi connectivity index (χ1) is 6.20. The molecule has 5 heteroatoms. The maximum absolute atomic E-state index is 5.22. The molecular formula is C8H10N4S. The molecular weight excluding hydrogens is 184 g/mol. The Hall–Kier alpha value is -1.49. The van der Waals surface area contributed by atoms with Crippen molar-refractivity contribution in [1.29, 1.82) is 0 Å². The van der Waals surface area contributed by atoms with E-state index in [0.717, 1.165) is 11.3 Å². The van der Waals surface area contributed by atoms with E-state index in [1.165, 1.54) is 0 Å². The molecule has 13 heavy (non-hydrogen) atoms. The van der Waals surface area contributed by atoms with E-state index in [4.69, 9.17) is 5.73 Å². The van der Waals surface area contributed by atoms with E-state index < -0.39 is 0 Å². The van der Waals surface area contributed by atoms with Gasteiger partial charge in [-0.05, 0) is 25.2 Å². The van der Waals surface area contributed by atoms with Crippen molar-refractivity contribution in [1.82, 2.24) is 10.4 Å². The molecule has 0 unspecified atom stereocenters. The van der Waals surface area contributed by atoms with Gasteiger partial charge in [-0.25, -0.2) is 0 Å². The minimum atomic E-state index is 0.156. The van der Waals surface area contributed by atoms with Crippen molar-refractivity contribution in [3.05, 3.63) is 30.1 Å². The second-order valence-electron chi connectivity index (χ2n) is 2.41. The zero-order chi connectivity index (χ0) is 9.68. The smallest absolute Gasteiger partial charge is 0.184 e. The zero-order valence-electron chi connectivity index (χ0n) is 7.19. The van der Waals surface area contributed by atoms with Crippen LogP contribution in [-0.4, -0.2) is 15.8 Å². The van der Waals surface area contributed by atoms with Crippen LogP contribution in [-0.2, 0) is 0 Å². The molecule has 0 fully saturated rings. The van der Waals surface area contributed by atoms with Gasteiger partial charge in [0.05, 0.1) is 5.71 Å². The fraction of sp³-hybridized carbons (Fsp3) is 0.125. The van der Waals surface area contributed by atoms with E-state index in [2.05, 4.69) is 27.7 Å². The molecule has 1 aromatic heterocycles. The molecule has 0 aliphatic carbocycles. The van der Waals surface area contributed by atoms with E-state index in [1.54, 1.807) is 12.4 Å². The first-order valence-corrected chi connectivity index (χ1v) is 4.11. The summed E-state index contributed by atoms with van der Waals surface area (Å²) in [5.41, 5.74) is 9.46. The van der Waals surface area contributed by atoms with Gasteiger partial charge < -0.3 is 5.73 Å². The predicted octanol–water partition coefficient (Wildman–Crippen LogP) is 0.639. The van der Waals surface area contributed by atoms with Crippen molar-refractivity contribution in [2.75, 3.05) is 0 Å². The molecule has 0 amide bonds. The van der Waals surface area contributed by atoms with Gasteiger partial charge in [0.1, 0.15) is 0 Å². The van der Waals surface area contributed by atoms with E-state index >= 15 is 0 Å². The van der Waals surface area contributed by atoms with Crippen molar-refractivity contribution < 1.29 is 0 Å². The second-order valence-corrected chi connectivity index (χ2v) is 2.85. The van der Waals surface area contributed by atoms with E-state index in [1.807, 2.05) is 19.1 Å². The highest BCUT2D eigenvalue weighted by Gasteiger charge is 1.95. The average Bonchev–Trinajstić information content (AvgIpc) is 2.15. The molecule has 3 N–H and O–H groups in total. The Morgan fingerprint density at radius 2 is 2.46 bits per heavy atom. The number of pyridine rings is 1. The standard InChI is InChI=1S/C8H10N4S/c1-6(11-12-8(9)13)7-3-2-4-10-5-7/h2-5H,1H3,(H3,9,12,13)/b11-6-. The lowest BCUT2D eigenvalue weighted by Crippen LogP contribution is -2.25. The minimum Gasteiger partial charge on any atom is -0.375 e. The van der Waals surface area contributed by atoms with Crippen LogP contribution in [0.1, 0.15) is 12.5 Å². The molecule has 0 spiro atoms. The summed E-state index contributed by atoms with van der Waals surface area (Å²) in [6.45, 7) is 1.85. The monoisotopic (exact) mass is 194 g/mol. The number of hydrogen-bond acceptors (Lipinski definition) is 3. The molecule has 0 atom stereocenters. The molecule has 0 bridgehead atoms. The van der Waals surface area contributed by atoms with Crippen molar-refractivity contribution >= 4 is 23.0 Å². The summed E-state index contributed by atoms with van der Waals surface area (Å²) < 4.78 is 0. The van der Waals surface area contributed by atoms with Crippen LogP contribution in [0.25, 0.3) is 0 Å². The third-order valence-electron chi connectivity index (χ3n) is 1.41. The Morgan fingerprint density at radius 3 is 3.00 bits per heavy atom. The molecule has 68 valence electrons. The van der Waals surface area contributed by atoms with Gasteiger partial charge in [0.2, 0.25) is 0 Å². The second kappa shape index (κ2) is 4.51. The minimum absolute atomic E-state index is 0.156. The summed E-state index contributed by atoms with van der Waals surface area (Å²) in [5, 5.41) is 4.11. The first-order valence-electron chi connectivity index (χ1n) is 3.70. The van der Waals surface area contributed by atoms with Crippen LogP contribution in [0.4, 0.5) is 0 Å². The Labute approximate surface area is 81.9 Å². The lowest BCUT2D eigenvalue weighted by atomic mass is 10.2. The van der Waals surface area contributed by atoms with Crippen LogP contribution in [0.15, 0.2) is 29.6 Å². The molecule has 1 heterocycles. The number of rotatable bonds is 2. The van der Waals surface area contributed by atoms with Crippen LogP contribution < -0.4 is 11.2 Å². The molecule has 0 saturated heterocycles. The molecule has 0 aromatic carbocycles. The third kappa shape index (κ3) is 3.16. The summed E-state index contributed by atoms with van der Waals surface area (Å²) in [7, 11) is 0. The summed E-state index contributed by atoms with van der Waals surface area (Å²) in [4.78, 5) is 3.96. The highest BCUT2D eigenvalue weighted by Crippen LogP contribution is 1.96. The van der Waals surface area contributed by atoms with Crippen molar-refractivity contribution in [2.24, 2.45) is 10.8 Å². The largest absolute Gasteiger partial charge is 0.375 e. The average molecular weight is 194 g/mol. The van der Waals surface area contributed by atoms with E-state index in [9.17, 15) is 0 Å². The summed E-state index contributed by atoms with van der Waals surface area (Å²) in [6, 6.07) is 3.75. The number of hydrazone groups is 1. The maximum Gasteiger partial charge on any atom is 0.184 e.